The van der Waals surface area contributed by atoms with E-state index in [0.29, 0.717) is 48.4 Å². The highest BCUT2D eigenvalue weighted by molar-refractivity contribution is 7.99. The van der Waals surface area contributed by atoms with Crippen LogP contribution in [0.5, 0.6) is 0 Å². The van der Waals surface area contributed by atoms with Gasteiger partial charge in [-0.15, -0.1) is 11.8 Å². The Balaban J connectivity index is 1.78. The Labute approximate surface area is 220 Å². The van der Waals surface area contributed by atoms with Gasteiger partial charge < -0.3 is 31.2 Å². The summed E-state index contributed by atoms with van der Waals surface area (Å²) in [6, 6.07) is 4.73. The van der Waals surface area contributed by atoms with Crippen LogP contribution in [-0.2, 0) is 19.1 Å². The smallest absolute Gasteiger partial charge is 0.251 e. The summed E-state index contributed by atoms with van der Waals surface area (Å²) in [5.41, 5.74) is 9.61. The zero-order valence-corrected chi connectivity index (χ0v) is 22.2. The monoisotopic (exact) mass is 530 g/mol. The third-order valence-electron chi connectivity index (χ3n) is 5.74. The number of amides is 3. The highest BCUT2D eigenvalue weighted by atomic mass is 32.2. The van der Waals surface area contributed by atoms with Crippen molar-refractivity contribution in [3.63, 3.8) is 0 Å². The maximum absolute atomic E-state index is 13.0. The second-order valence-electron chi connectivity index (χ2n) is 8.59. The number of nitrogens with one attached hydrogen (secondary N) is 3. The van der Waals surface area contributed by atoms with Gasteiger partial charge in [-0.2, -0.15) is 0 Å². The van der Waals surface area contributed by atoms with Crippen molar-refractivity contribution >= 4 is 35.4 Å². The fourth-order valence-corrected chi connectivity index (χ4v) is 4.70. The number of methoxy groups -OCH3 is 1. The van der Waals surface area contributed by atoms with Crippen molar-refractivity contribution in [1.29, 1.82) is 0 Å². The van der Waals surface area contributed by atoms with E-state index in [9.17, 15) is 14.4 Å². The Morgan fingerprint density at radius 2 is 1.92 bits per heavy atom. The fourth-order valence-electron chi connectivity index (χ4n) is 3.85. The van der Waals surface area contributed by atoms with E-state index in [2.05, 4.69) is 25.9 Å². The van der Waals surface area contributed by atoms with Gasteiger partial charge in [0.15, 0.2) is 0 Å². The molecule has 1 aromatic carbocycles. The number of nitrogen functional groups attached to an aromatic ring is 1. The molecule has 3 amide bonds. The molecule has 0 spiro atoms. The minimum absolute atomic E-state index is 0.111. The van der Waals surface area contributed by atoms with E-state index in [-0.39, 0.29) is 43.1 Å². The van der Waals surface area contributed by atoms with Crippen molar-refractivity contribution in [2.24, 2.45) is 0 Å². The molecule has 1 aliphatic heterocycles. The molecule has 1 atom stereocenters. The summed E-state index contributed by atoms with van der Waals surface area (Å²) in [7, 11) is 1.58. The lowest BCUT2D eigenvalue weighted by Crippen LogP contribution is -2.49. The summed E-state index contributed by atoms with van der Waals surface area (Å²) in [5.74, 6) is -0.340. The molecule has 200 valence electrons. The van der Waals surface area contributed by atoms with Gasteiger partial charge >= 0.3 is 0 Å². The Bertz CT molecular complexity index is 1130. The van der Waals surface area contributed by atoms with Crippen LogP contribution in [0.25, 0.3) is 11.3 Å². The Morgan fingerprint density at radius 3 is 2.70 bits per heavy atom. The van der Waals surface area contributed by atoms with Crippen LogP contribution in [0.4, 0.5) is 5.95 Å². The van der Waals surface area contributed by atoms with E-state index >= 15 is 0 Å². The number of ether oxygens (including phenoxy) is 2. The number of aryl methyl sites for hydroxylation is 2. The lowest BCUT2D eigenvalue weighted by molar-refractivity contribution is -0.129. The van der Waals surface area contributed by atoms with Crippen LogP contribution in [-0.4, -0.2) is 79.5 Å². The van der Waals surface area contributed by atoms with Crippen LogP contribution in [0.15, 0.2) is 23.2 Å². The van der Waals surface area contributed by atoms with Crippen LogP contribution in [0, 0.1) is 13.8 Å². The summed E-state index contributed by atoms with van der Waals surface area (Å²) in [5, 5.41) is 9.05. The number of carbonyl (C=O) groups is 3. The molecule has 5 N–H and O–H groups in total. The molecule has 37 heavy (non-hydrogen) atoms. The van der Waals surface area contributed by atoms with E-state index in [0.717, 1.165) is 16.7 Å². The number of nitrogens with zero attached hydrogens (tertiary/aromatic N) is 2. The van der Waals surface area contributed by atoms with Crippen LogP contribution in [0.1, 0.15) is 34.3 Å². The second-order valence-corrected chi connectivity index (χ2v) is 9.71. The molecular weight excluding hydrogens is 496 g/mol. The highest BCUT2D eigenvalue weighted by Crippen LogP contribution is 2.29. The number of thioether (sulfide) groups is 1. The average Bonchev–Trinajstić information content (AvgIpc) is 2.84. The summed E-state index contributed by atoms with van der Waals surface area (Å²) in [6.07, 6.45) is 0.408. The first-order valence-corrected chi connectivity index (χ1v) is 13.1. The lowest BCUT2D eigenvalue weighted by Gasteiger charge is -2.19. The number of hydrogen-bond donors (Lipinski definition) is 4. The SMILES string of the molecule is COCCOCCNC(=O)C1CCNC(=O)c2cc(c(C)cc2C)-c2cc(nc(N)n2)SCCC(=O)N1. The molecule has 0 fully saturated rings. The summed E-state index contributed by atoms with van der Waals surface area (Å²) in [6.45, 7) is 5.52. The first-order valence-electron chi connectivity index (χ1n) is 12.1. The number of nitrogens with two attached hydrogens (primary N) is 1. The molecule has 0 saturated carbocycles. The lowest BCUT2D eigenvalue weighted by atomic mass is 9.97. The molecule has 3 rings (SSSR count). The van der Waals surface area contributed by atoms with Crippen molar-refractivity contribution in [1.82, 2.24) is 25.9 Å². The number of rotatable bonds is 7. The minimum atomic E-state index is -0.805. The zero-order valence-electron chi connectivity index (χ0n) is 21.4. The third-order valence-corrected chi connectivity index (χ3v) is 6.65. The van der Waals surface area contributed by atoms with Crippen LogP contribution >= 0.6 is 11.8 Å². The van der Waals surface area contributed by atoms with Gasteiger partial charge in [-0.05, 0) is 43.5 Å². The molecule has 2 aromatic rings. The molecule has 1 aliphatic rings. The summed E-state index contributed by atoms with van der Waals surface area (Å²) < 4.78 is 10.3. The Kier molecular flexibility index (Phi) is 10.7. The maximum atomic E-state index is 13.0. The number of fused-ring (bicyclic) bond motifs is 5. The number of benzene rings is 1. The fraction of sp³-hybridized carbons (Fsp3) is 0.480. The normalized spacial score (nSPS) is 16.6. The van der Waals surface area contributed by atoms with E-state index in [1.165, 1.54) is 11.8 Å². The molecule has 12 heteroatoms. The molecule has 11 nitrogen and oxygen atoms in total. The molecular formula is C25H34N6O5S. The molecule has 4 bridgehead atoms. The van der Waals surface area contributed by atoms with E-state index < -0.39 is 6.04 Å². The topological polar surface area (TPSA) is 158 Å². The number of hydrogen-bond acceptors (Lipinski definition) is 9. The van der Waals surface area contributed by atoms with E-state index in [1.54, 1.807) is 19.2 Å². The molecule has 0 saturated heterocycles. The first-order chi connectivity index (χ1) is 17.8. The molecule has 0 aliphatic carbocycles. The van der Waals surface area contributed by atoms with Gasteiger partial charge in [-0.3, -0.25) is 14.4 Å². The molecule has 2 heterocycles. The second kappa shape index (κ2) is 13.9. The van der Waals surface area contributed by atoms with Crippen molar-refractivity contribution in [3.8, 4) is 11.3 Å². The van der Waals surface area contributed by atoms with E-state index in [1.807, 2.05) is 19.9 Å². The average molecular weight is 531 g/mol. The van der Waals surface area contributed by atoms with Crippen LogP contribution in [0.2, 0.25) is 0 Å². The minimum Gasteiger partial charge on any atom is -0.382 e. The quantitative estimate of drug-likeness (QED) is 0.305. The van der Waals surface area contributed by atoms with Gasteiger partial charge in [0.25, 0.3) is 5.91 Å². The maximum Gasteiger partial charge on any atom is 0.251 e. The van der Waals surface area contributed by atoms with Gasteiger partial charge in [0.1, 0.15) is 11.1 Å². The van der Waals surface area contributed by atoms with Gasteiger partial charge in [0, 0.05) is 43.5 Å². The predicted molar refractivity (Wildman–Crippen MR) is 141 cm³/mol. The van der Waals surface area contributed by atoms with Gasteiger partial charge in [-0.25, -0.2) is 9.97 Å². The molecule has 0 radical (unpaired) electrons. The van der Waals surface area contributed by atoms with Gasteiger partial charge in [-0.1, -0.05) is 6.07 Å². The van der Waals surface area contributed by atoms with E-state index in [4.69, 9.17) is 15.2 Å². The summed E-state index contributed by atoms with van der Waals surface area (Å²) in [4.78, 5) is 47.1. The third kappa shape index (κ3) is 8.41. The predicted octanol–water partition coefficient (Wildman–Crippen LogP) is 1.22. The highest BCUT2D eigenvalue weighted by Gasteiger charge is 2.22. The number of aromatic nitrogens is 2. The van der Waals surface area contributed by atoms with Crippen molar-refractivity contribution in [2.45, 2.75) is 37.8 Å². The number of anilines is 1. The first kappa shape index (κ1) is 28.4. The largest absolute Gasteiger partial charge is 0.382 e. The van der Waals surface area contributed by atoms with Crippen LogP contribution in [0.3, 0.4) is 0 Å². The number of carbonyl (C=O) groups excluding carboxylic acids is 3. The molecule has 1 aromatic heterocycles. The molecule has 1 unspecified atom stereocenters. The summed E-state index contributed by atoms with van der Waals surface area (Å²) >= 11 is 1.37. The van der Waals surface area contributed by atoms with Crippen molar-refractivity contribution in [2.75, 3.05) is 51.5 Å². The van der Waals surface area contributed by atoms with Crippen molar-refractivity contribution in [3.05, 3.63) is 34.9 Å². The van der Waals surface area contributed by atoms with Crippen molar-refractivity contribution < 1.29 is 23.9 Å². The standard InChI is InChI=1S/C25H34N6O5S/c1-15-12-16(2)18-13-17(15)20-14-22(31-25(26)30-20)37-11-5-21(32)29-19(4-6-27-23(18)33)24(34)28-7-8-36-10-9-35-3/h12-14,19H,4-11H2,1-3H3,(H,27,33)(H,28,34)(H,29,32)(H2,26,30,31). The Morgan fingerprint density at radius 1 is 1.14 bits per heavy atom. The van der Waals surface area contributed by atoms with Gasteiger partial charge in [0.2, 0.25) is 17.8 Å². The van der Waals surface area contributed by atoms with Crippen LogP contribution < -0.4 is 21.7 Å². The van der Waals surface area contributed by atoms with Gasteiger partial charge in [0.05, 0.1) is 25.5 Å². The zero-order chi connectivity index (χ0) is 26.8. The Hall–Kier alpha value is -3.22.